The van der Waals surface area contributed by atoms with Crippen molar-refractivity contribution in [3.63, 3.8) is 0 Å². The molecule has 0 aliphatic heterocycles. The largest absolute Gasteiger partial charge is 0.505 e. The number of amides is 1. The quantitative estimate of drug-likeness (QED) is 0.557. The molecule has 0 aliphatic rings. The van der Waals surface area contributed by atoms with E-state index in [1.165, 1.54) is 12.3 Å². The maximum atomic E-state index is 10.4. The van der Waals surface area contributed by atoms with Crippen molar-refractivity contribution < 1.29 is 9.90 Å². The van der Waals surface area contributed by atoms with Crippen LogP contribution in [0.2, 0.25) is 0 Å². The molecule has 0 bridgehead atoms. The summed E-state index contributed by atoms with van der Waals surface area (Å²) < 4.78 is 0. The maximum absolute atomic E-state index is 10.4. The Labute approximate surface area is 57.3 Å². The van der Waals surface area contributed by atoms with Crippen molar-refractivity contribution >= 4 is 5.91 Å². The SMILES string of the molecule is NC(=O)c1ncc[c]c1O. The van der Waals surface area contributed by atoms with Gasteiger partial charge in [-0.2, -0.15) is 0 Å². The summed E-state index contributed by atoms with van der Waals surface area (Å²) in [6.07, 6.45) is 1.33. The number of aromatic hydroxyl groups is 1. The summed E-state index contributed by atoms with van der Waals surface area (Å²) in [6.45, 7) is 0. The van der Waals surface area contributed by atoms with Crippen LogP contribution in [0.5, 0.6) is 5.75 Å². The van der Waals surface area contributed by atoms with Gasteiger partial charge in [0.15, 0.2) is 11.4 Å². The average Bonchev–Trinajstić information content (AvgIpc) is 1.88. The highest BCUT2D eigenvalue weighted by molar-refractivity contribution is 5.93. The van der Waals surface area contributed by atoms with Crippen molar-refractivity contribution in [2.24, 2.45) is 5.73 Å². The van der Waals surface area contributed by atoms with Gasteiger partial charge in [-0.3, -0.25) is 4.79 Å². The molecule has 1 heterocycles. The molecule has 1 rings (SSSR count). The number of carbonyl (C=O) groups is 1. The second-order valence-corrected chi connectivity index (χ2v) is 1.65. The van der Waals surface area contributed by atoms with Crippen molar-refractivity contribution in [2.45, 2.75) is 0 Å². The Morgan fingerprint density at radius 1 is 1.80 bits per heavy atom. The van der Waals surface area contributed by atoms with E-state index in [1.54, 1.807) is 0 Å². The normalized spacial score (nSPS) is 9.20. The molecule has 1 radical (unpaired) electrons. The number of primary amides is 1. The molecule has 10 heavy (non-hydrogen) atoms. The number of nitrogens with two attached hydrogens (primary N) is 1. The maximum Gasteiger partial charge on any atom is 0.271 e. The molecule has 51 valence electrons. The van der Waals surface area contributed by atoms with E-state index in [0.29, 0.717) is 0 Å². The average molecular weight is 137 g/mol. The van der Waals surface area contributed by atoms with E-state index in [0.717, 1.165) is 0 Å². The Morgan fingerprint density at radius 2 is 2.50 bits per heavy atom. The number of nitrogens with zero attached hydrogens (tertiary/aromatic N) is 1. The molecule has 1 amide bonds. The third kappa shape index (κ3) is 1.05. The Bertz CT molecular complexity index is 260. The Balaban J connectivity index is 3.15. The first kappa shape index (κ1) is 6.54. The Morgan fingerprint density at radius 3 is 2.90 bits per heavy atom. The molecule has 4 nitrogen and oxygen atoms in total. The molecular weight excluding hydrogens is 132 g/mol. The fourth-order valence-electron chi connectivity index (χ4n) is 0.538. The third-order valence-electron chi connectivity index (χ3n) is 0.956. The second-order valence-electron chi connectivity index (χ2n) is 1.65. The van der Waals surface area contributed by atoms with Crippen LogP contribution in [0.1, 0.15) is 10.5 Å². The highest BCUT2D eigenvalue weighted by Crippen LogP contribution is 2.09. The molecule has 1 aromatic heterocycles. The van der Waals surface area contributed by atoms with Gasteiger partial charge in [0.2, 0.25) is 0 Å². The Hall–Kier alpha value is -1.58. The Kier molecular flexibility index (Phi) is 1.53. The minimum Gasteiger partial charge on any atom is -0.505 e. The van der Waals surface area contributed by atoms with Crippen LogP contribution >= 0.6 is 0 Å². The number of hydrogen-bond donors (Lipinski definition) is 2. The molecule has 0 saturated carbocycles. The smallest absolute Gasteiger partial charge is 0.271 e. The van der Waals surface area contributed by atoms with Crippen LogP contribution in [0, 0.1) is 6.07 Å². The zero-order valence-corrected chi connectivity index (χ0v) is 5.03. The van der Waals surface area contributed by atoms with Crippen LogP contribution in [0.25, 0.3) is 0 Å². The van der Waals surface area contributed by atoms with Crippen LogP contribution in [-0.2, 0) is 0 Å². The van der Waals surface area contributed by atoms with Crippen molar-refractivity contribution in [3.8, 4) is 5.75 Å². The van der Waals surface area contributed by atoms with Crippen LogP contribution in [0.15, 0.2) is 12.3 Å². The monoisotopic (exact) mass is 137 g/mol. The summed E-state index contributed by atoms with van der Waals surface area (Å²) in [7, 11) is 0. The van der Waals surface area contributed by atoms with E-state index >= 15 is 0 Å². The molecule has 0 spiro atoms. The van der Waals surface area contributed by atoms with Crippen molar-refractivity contribution in [2.75, 3.05) is 0 Å². The van der Waals surface area contributed by atoms with Crippen LogP contribution in [0.4, 0.5) is 0 Å². The lowest BCUT2D eigenvalue weighted by molar-refractivity contribution is 0.0992. The van der Waals surface area contributed by atoms with E-state index in [-0.39, 0.29) is 11.4 Å². The molecule has 4 heteroatoms. The van der Waals surface area contributed by atoms with Crippen LogP contribution in [-0.4, -0.2) is 16.0 Å². The second kappa shape index (κ2) is 2.34. The van der Waals surface area contributed by atoms with Gasteiger partial charge in [-0.1, -0.05) is 0 Å². The van der Waals surface area contributed by atoms with Gasteiger partial charge in [-0.05, 0) is 6.07 Å². The van der Waals surface area contributed by atoms with Crippen molar-refractivity contribution in [1.29, 1.82) is 0 Å². The molecule has 0 unspecified atom stereocenters. The number of aromatic nitrogens is 1. The fraction of sp³-hybridized carbons (Fsp3) is 0. The minimum atomic E-state index is -0.755. The molecule has 0 aliphatic carbocycles. The van der Waals surface area contributed by atoms with E-state index < -0.39 is 5.91 Å². The predicted molar refractivity (Wildman–Crippen MR) is 33.3 cm³/mol. The van der Waals surface area contributed by atoms with Gasteiger partial charge in [0.25, 0.3) is 5.91 Å². The van der Waals surface area contributed by atoms with Crippen LogP contribution in [0.3, 0.4) is 0 Å². The summed E-state index contributed by atoms with van der Waals surface area (Å²) in [5.41, 5.74) is 4.68. The highest BCUT2D eigenvalue weighted by atomic mass is 16.3. The lowest BCUT2D eigenvalue weighted by Crippen LogP contribution is -2.12. The predicted octanol–water partition coefficient (Wildman–Crippen LogP) is -0.314. The van der Waals surface area contributed by atoms with E-state index in [1.807, 2.05) is 0 Å². The van der Waals surface area contributed by atoms with Gasteiger partial charge < -0.3 is 10.8 Å². The molecular formula is C6H5N2O2. The van der Waals surface area contributed by atoms with Gasteiger partial charge >= 0.3 is 0 Å². The van der Waals surface area contributed by atoms with Crippen molar-refractivity contribution in [1.82, 2.24) is 4.98 Å². The van der Waals surface area contributed by atoms with Gasteiger partial charge in [-0.25, -0.2) is 4.98 Å². The first-order valence-electron chi connectivity index (χ1n) is 2.57. The molecule has 0 fully saturated rings. The first-order chi connectivity index (χ1) is 4.72. The highest BCUT2D eigenvalue weighted by Gasteiger charge is 2.06. The lowest BCUT2D eigenvalue weighted by atomic mass is 10.3. The summed E-state index contributed by atoms with van der Waals surface area (Å²) in [4.78, 5) is 13.9. The summed E-state index contributed by atoms with van der Waals surface area (Å²) in [5, 5.41) is 8.86. The summed E-state index contributed by atoms with van der Waals surface area (Å²) in [6, 6.07) is 3.76. The number of carbonyl (C=O) groups excluding carboxylic acids is 1. The molecule has 0 saturated heterocycles. The summed E-state index contributed by atoms with van der Waals surface area (Å²) >= 11 is 0. The molecule has 0 atom stereocenters. The minimum absolute atomic E-state index is 0.150. The zero-order valence-electron chi connectivity index (χ0n) is 5.03. The van der Waals surface area contributed by atoms with Crippen LogP contribution < -0.4 is 5.73 Å². The summed E-state index contributed by atoms with van der Waals surface area (Å²) in [5.74, 6) is -1.07. The topological polar surface area (TPSA) is 76.2 Å². The van der Waals surface area contributed by atoms with Crippen molar-refractivity contribution in [3.05, 3.63) is 24.0 Å². The molecule has 3 N–H and O–H groups in total. The molecule has 0 aromatic carbocycles. The number of hydrogen-bond acceptors (Lipinski definition) is 3. The van der Waals surface area contributed by atoms with Gasteiger partial charge in [0.1, 0.15) is 0 Å². The standard InChI is InChI=1S/C6H5N2O2/c7-6(10)5-4(9)2-1-3-8-5/h1,3,9H,(H2,7,10). The van der Waals surface area contributed by atoms with Gasteiger partial charge in [0.05, 0.1) is 0 Å². The van der Waals surface area contributed by atoms with E-state index in [4.69, 9.17) is 10.8 Å². The van der Waals surface area contributed by atoms with Gasteiger partial charge in [-0.15, -0.1) is 0 Å². The zero-order chi connectivity index (χ0) is 7.56. The van der Waals surface area contributed by atoms with E-state index in [9.17, 15) is 4.79 Å². The fourth-order valence-corrected chi connectivity index (χ4v) is 0.538. The lowest BCUT2D eigenvalue weighted by Gasteiger charge is -1.94. The first-order valence-corrected chi connectivity index (χ1v) is 2.57. The third-order valence-corrected chi connectivity index (χ3v) is 0.956. The molecule has 1 aromatic rings. The number of rotatable bonds is 1. The number of pyridine rings is 1. The van der Waals surface area contributed by atoms with E-state index in [2.05, 4.69) is 11.1 Å². The van der Waals surface area contributed by atoms with Gasteiger partial charge in [0, 0.05) is 12.3 Å².